The number of alkyl carbamates (subject to hydrolysis) is 1. The number of benzene rings is 2. The zero-order valence-corrected chi connectivity index (χ0v) is 20.4. The summed E-state index contributed by atoms with van der Waals surface area (Å²) >= 11 is 0. The number of halogens is 1. The minimum atomic E-state index is -0.791. The average molecular weight is 498 g/mol. The molecule has 190 valence electrons. The smallest absolute Gasteiger partial charge is 0.407 e. The van der Waals surface area contributed by atoms with E-state index in [-0.39, 0.29) is 43.2 Å². The van der Waals surface area contributed by atoms with Crippen molar-refractivity contribution < 1.29 is 33.0 Å². The minimum absolute atomic E-state index is 0.0886. The number of fused-ring (bicyclic) bond motifs is 1. The Morgan fingerprint density at radius 3 is 2.50 bits per heavy atom. The number of amides is 4. The zero-order chi connectivity index (χ0) is 26.0. The van der Waals surface area contributed by atoms with Crippen LogP contribution in [0.2, 0.25) is 0 Å². The van der Waals surface area contributed by atoms with Crippen molar-refractivity contribution in [2.24, 2.45) is 0 Å². The summed E-state index contributed by atoms with van der Waals surface area (Å²) in [5, 5.41) is 4.94. The predicted octanol–water partition coefficient (Wildman–Crippen LogP) is 3.19. The average Bonchev–Trinajstić information content (AvgIpc) is 3.12. The molecule has 0 saturated carbocycles. The van der Waals surface area contributed by atoms with E-state index in [0.29, 0.717) is 12.1 Å². The zero-order valence-electron chi connectivity index (χ0n) is 20.4. The lowest BCUT2D eigenvalue weighted by atomic mass is 10.0. The van der Waals surface area contributed by atoms with Crippen LogP contribution in [0.3, 0.4) is 0 Å². The molecule has 1 saturated heterocycles. The second kappa shape index (κ2) is 9.96. The molecule has 0 radical (unpaired) electrons. The lowest BCUT2D eigenvalue weighted by Crippen LogP contribution is -2.52. The molecule has 36 heavy (non-hydrogen) atoms. The van der Waals surface area contributed by atoms with E-state index < -0.39 is 35.4 Å². The molecule has 2 aliphatic rings. The largest absolute Gasteiger partial charge is 0.488 e. The lowest BCUT2D eigenvalue weighted by Gasteiger charge is -2.29. The number of nitrogens with zero attached hydrogens (tertiary/aromatic N) is 1. The van der Waals surface area contributed by atoms with Crippen molar-refractivity contribution in [3.8, 4) is 5.75 Å². The molecule has 2 heterocycles. The quantitative estimate of drug-likeness (QED) is 0.593. The van der Waals surface area contributed by atoms with E-state index in [1.54, 1.807) is 20.8 Å². The van der Waals surface area contributed by atoms with E-state index >= 15 is 0 Å². The maximum atomic E-state index is 14.3. The Kier molecular flexibility index (Phi) is 6.96. The monoisotopic (exact) mass is 497 g/mol. The molecule has 1 atom stereocenters. The Morgan fingerprint density at radius 1 is 1.14 bits per heavy atom. The number of hydrogen-bond acceptors (Lipinski definition) is 6. The molecule has 2 N–H and O–H groups in total. The summed E-state index contributed by atoms with van der Waals surface area (Å²) < 4.78 is 25.4. The van der Waals surface area contributed by atoms with Crippen LogP contribution in [-0.2, 0) is 34.0 Å². The second-order valence-corrected chi connectivity index (χ2v) is 9.79. The van der Waals surface area contributed by atoms with Gasteiger partial charge in [-0.25, -0.2) is 9.18 Å². The van der Waals surface area contributed by atoms with Gasteiger partial charge in [-0.15, -0.1) is 0 Å². The molecule has 9 nitrogen and oxygen atoms in total. The predicted molar refractivity (Wildman–Crippen MR) is 126 cm³/mol. The third-order valence-electron chi connectivity index (χ3n) is 5.83. The summed E-state index contributed by atoms with van der Waals surface area (Å²) in [5.41, 5.74) is 1.75. The normalized spacial score (nSPS) is 17.5. The van der Waals surface area contributed by atoms with Crippen molar-refractivity contribution in [3.63, 3.8) is 0 Å². The van der Waals surface area contributed by atoms with Crippen molar-refractivity contribution in [2.45, 2.75) is 65.0 Å². The fraction of sp³-hybridized carbons (Fsp3) is 0.385. The summed E-state index contributed by atoms with van der Waals surface area (Å²) in [4.78, 5) is 49.8. The van der Waals surface area contributed by atoms with Crippen molar-refractivity contribution >= 4 is 23.8 Å². The van der Waals surface area contributed by atoms with Gasteiger partial charge in [-0.05, 0) is 44.4 Å². The van der Waals surface area contributed by atoms with Gasteiger partial charge in [0.1, 0.15) is 29.8 Å². The van der Waals surface area contributed by atoms with E-state index in [2.05, 4.69) is 10.6 Å². The topological polar surface area (TPSA) is 114 Å². The summed E-state index contributed by atoms with van der Waals surface area (Å²) in [7, 11) is 0. The number of rotatable bonds is 6. The van der Waals surface area contributed by atoms with Crippen LogP contribution in [0.4, 0.5) is 9.18 Å². The van der Waals surface area contributed by atoms with Gasteiger partial charge < -0.3 is 19.7 Å². The molecule has 0 bridgehead atoms. The van der Waals surface area contributed by atoms with Gasteiger partial charge in [0.2, 0.25) is 11.8 Å². The van der Waals surface area contributed by atoms with Gasteiger partial charge in [0.25, 0.3) is 5.91 Å². The fourth-order valence-corrected chi connectivity index (χ4v) is 4.13. The summed E-state index contributed by atoms with van der Waals surface area (Å²) in [5.74, 6) is -1.76. The molecule has 10 heteroatoms. The Labute approximate surface area is 207 Å². The van der Waals surface area contributed by atoms with Crippen LogP contribution >= 0.6 is 0 Å². The number of piperidine rings is 1. The third-order valence-corrected chi connectivity index (χ3v) is 5.83. The fourth-order valence-electron chi connectivity index (χ4n) is 4.13. The summed E-state index contributed by atoms with van der Waals surface area (Å²) in [6, 6.07) is 8.89. The molecule has 0 aliphatic carbocycles. The number of imide groups is 1. The highest BCUT2D eigenvalue weighted by Crippen LogP contribution is 2.35. The van der Waals surface area contributed by atoms with Crippen LogP contribution in [0.1, 0.15) is 60.7 Å². The number of carbonyl (C=O) groups is 4. The van der Waals surface area contributed by atoms with Crippen LogP contribution in [0.5, 0.6) is 5.75 Å². The molecule has 4 amide bonds. The number of ether oxygens (including phenoxy) is 2. The van der Waals surface area contributed by atoms with E-state index in [0.717, 1.165) is 17.2 Å². The van der Waals surface area contributed by atoms with E-state index in [9.17, 15) is 23.6 Å². The van der Waals surface area contributed by atoms with Gasteiger partial charge in [-0.3, -0.25) is 19.7 Å². The Balaban J connectivity index is 1.39. The molecule has 2 aliphatic heterocycles. The van der Waals surface area contributed by atoms with Crippen LogP contribution < -0.4 is 15.4 Å². The van der Waals surface area contributed by atoms with Crippen molar-refractivity contribution in [2.75, 3.05) is 0 Å². The maximum Gasteiger partial charge on any atom is 0.407 e. The Morgan fingerprint density at radius 2 is 1.83 bits per heavy atom. The second-order valence-electron chi connectivity index (χ2n) is 9.79. The highest BCUT2D eigenvalue weighted by atomic mass is 19.1. The first kappa shape index (κ1) is 25.2. The first-order chi connectivity index (χ1) is 17.0. The van der Waals surface area contributed by atoms with Gasteiger partial charge in [0.15, 0.2) is 0 Å². The SMILES string of the molecule is CC(C)(C)OC(=O)NCc1ccc(COc2cc(F)cc3c2CN([C@H]2CCC(=O)NC2=O)C3=O)cc1. The molecule has 1 fully saturated rings. The van der Waals surface area contributed by atoms with Crippen LogP contribution in [0.15, 0.2) is 36.4 Å². The summed E-state index contributed by atoms with van der Waals surface area (Å²) in [6.45, 7) is 5.88. The first-order valence-electron chi connectivity index (χ1n) is 11.6. The molecule has 0 spiro atoms. The molecular formula is C26H28FN3O6. The van der Waals surface area contributed by atoms with Gasteiger partial charge in [-0.2, -0.15) is 0 Å². The van der Waals surface area contributed by atoms with Gasteiger partial charge in [-0.1, -0.05) is 24.3 Å². The maximum absolute atomic E-state index is 14.3. The highest BCUT2D eigenvalue weighted by molar-refractivity contribution is 6.05. The van der Waals surface area contributed by atoms with Crippen LogP contribution in [-0.4, -0.2) is 40.4 Å². The first-order valence-corrected chi connectivity index (χ1v) is 11.6. The van der Waals surface area contributed by atoms with Gasteiger partial charge in [0, 0.05) is 24.6 Å². The Hall–Kier alpha value is -3.95. The molecule has 0 aromatic heterocycles. The highest BCUT2D eigenvalue weighted by Gasteiger charge is 2.40. The number of carbonyl (C=O) groups excluding carboxylic acids is 4. The van der Waals surface area contributed by atoms with Crippen LogP contribution in [0.25, 0.3) is 0 Å². The minimum Gasteiger partial charge on any atom is -0.488 e. The van der Waals surface area contributed by atoms with Gasteiger partial charge >= 0.3 is 6.09 Å². The molecule has 2 aromatic carbocycles. The lowest BCUT2D eigenvalue weighted by molar-refractivity contribution is -0.136. The van der Waals surface area contributed by atoms with Crippen molar-refractivity contribution in [1.29, 1.82) is 0 Å². The third kappa shape index (κ3) is 5.81. The van der Waals surface area contributed by atoms with Crippen molar-refractivity contribution in [1.82, 2.24) is 15.5 Å². The number of hydrogen-bond donors (Lipinski definition) is 2. The number of nitrogens with one attached hydrogen (secondary N) is 2. The standard InChI is InChI=1S/C26H28FN3O6/c1-26(2,3)36-25(34)28-12-15-4-6-16(7-5-15)14-35-21-11-17(27)10-18-19(21)13-30(24(18)33)20-8-9-22(31)29-23(20)32/h4-7,10-11,20H,8-9,12-14H2,1-3H3,(H,28,34)(H,29,31,32)/t20-/m0/s1. The molecular weight excluding hydrogens is 469 g/mol. The Bertz CT molecular complexity index is 1210. The van der Waals surface area contributed by atoms with Crippen LogP contribution in [0, 0.1) is 5.82 Å². The van der Waals surface area contributed by atoms with Crippen molar-refractivity contribution in [3.05, 3.63) is 64.5 Å². The summed E-state index contributed by atoms with van der Waals surface area (Å²) in [6.07, 6.45) is -0.147. The molecule has 4 rings (SSSR count). The van der Waals surface area contributed by atoms with E-state index in [4.69, 9.17) is 9.47 Å². The van der Waals surface area contributed by atoms with E-state index in [1.165, 1.54) is 11.0 Å². The molecule has 2 aromatic rings. The van der Waals surface area contributed by atoms with Gasteiger partial charge in [0.05, 0.1) is 12.1 Å². The van der Waals surface area contributed by atoms with E-state index in [1.807, 2.05) is 24.3 Å². The molecule has 0 unspecified atom stereocenters.